The maximum absolute atomic E-state index is 11.3. The molecule has 2 aromatic carbocycles. The van der Waals surface area contributed by atoms with Crippen LogP contribution >= 0.6 is 0 Å². The number of aromatic nitrogens is 1. The van der Waals surface area contributed by atoms with Gasteiger partial charge in [0.05, 0.1) is 10.4 Å². The number of hydrogen-bond donors (Lipinski definition) is 2. The molecule has 0 radical (unpaired) electrons. The van der Waals surface area contributed by atoms with Crippen molar-refractivity contribution in [1.29, 1.82) is 0 Å². The summed E-state index contributed by atoms with van der Waals surface area (Å²) in [5.41, 5.74) is 9.95. The third-order valence-corrected chi connectivity index (χ3v) is 4.54. The highest BCUT2D eigenvalue weighted by Crippen LogP contribution is 2.26. The normalized spacial score (nSPS) is 12.7. The number of fused-ring (bicyclic) bond motifs is 1. The van der Waals surface area contributed by atoms with Crippen LogP contribution in [0.2, 0.25) is 0 Å². The summed E-state index contributed by atoms with van der Waals surface area (Å²) in [4.78, 5) is 0.403. The van der Waals surface area contributed by atoms with E-state index in [1.54, 1.807) is 12.1 Å². The van der Waals surface area contributed by atoms with E-state index in [-0.39, 0.29) is 0 Å². The standard InChI is InChI=1S/C17H18N2O2S/c1-12-5-6-14(22(20)21)11-17(12)19-10-8-15-13(7-9-18)3-2-4-16(15)19/h2-6,8,10-11H,7,9,18H2,1H3,(H,20,21). The Labute approximate surface area is 131 Å². The smallest absolute Gasteiger partial charge is 0.186 e. The zero-order valence-corrected chi connectivity index (χ0v) is 13.1. The van der Waals surface area contributed by atoms with Crippen LogP contribution in [0.4, 0.5) is 0 Å². The molecule has 1 aromatic heterocycles. The van der Waals surface area contributed by atoms with Crippen LogP contribution in [-0.4, -0.2) is 19.9 Å². The van der Waals surface area contributed by atoms with E-state index in [4.69, 9.17) is 5.73 Å². The van der Waals surface area contributed by atoms with Gasteiger partial charge in [-0.3, -0.25) is 0 Å². The monoisotopic (exact) mass is 314 g/mol. The number of nitrogens with two attached hydrogens (primary N) is 1. The maximum atomic E-state index is 11.3. The summed E-state index contributed by atoms with van der Waals surface area (Å²) in [6, 6.07) is 13.5. The van der Waals surface area contributed by atoms with Gasteiger partial charge >= 0.3 is 0 Å². The lowest BCUT2D eigenvalue weighted by Gasteiger charge is -2.11. The second-order valence-electron chi connectivity index (χ2n) is 5.27. The summed E-state index contributed by atoms with van der Waals surface area (Å²) >= 11 is -1.98. The average Bonchev–Trinajstić information content (AvgIpc) is 2.93. The molecular weight excluding hydrogens is 296 g/mol. The zero-order chi connectivity index (χ0) is 15.7. The first-order chi connectivity index (χ1) is 10.6. The molecule has 5 heteroatoms. The molecule has 0 aliphatic rings. The molecule has 4 nitrogen and oxygen atoms in total. The maximum Gasteiger partial charge on any atom is 0.186 e. The molecule has 3 N–H and O–H groups in total. The van der Waals surface area contributed by atoms with Crippen LogP contribution in [0, 0.1) is 6.92 Å². The largest absolute Gasteiger partial charge is 0.330 e. The topological polar surface area (TPSA) is 68.2 Å². The lowest BCUT2D eigenvalue weighted by molar-refractivity contribution is 0.564. The van der Waals surface area contributed by atoms with Crippen LogP contribution in [-0.2, 0) is 17.5 Å². The molecule has 22 heavy (non-hydrogen) atoms. The number of aryl methyl sites for hydroxylation is 1. The number of hydrogen-bond acceptors (Lipinski definition) is 2. The summed E-state index contributed by atoms with van der Waals surface area (Å²) in [6.45, 7) is 2.61. The molecule has 0 saturated carbocycles. The average molecular weight is 314 g/mol. The van der Waals surface area contributed by atoms with Crippen molar-refractivity contribution in [3.05, 3.63) is 59.8 Å². The molecule has 0 aliphatic heterocycles. The Morgan fingerprint density at radius 3 is 2.77 bits per heavy atom. The molecule has 1 unspecified atom stereocenters. The molecule has 3 rings (SSSR count). The van der Waals surface area contributed by atoms with Gasteiger partial charge in [0, 0.05) is 17.3 Å². The lowest BCUT2D eigenvalue weighted by atomic mass is 10.1. The van der Waals surface area contributed by atoms with Gasteiger partial charge in [-0.1, -0.05) is 18.2 Å². The Balaban J connectivity index is 2.21. The van der Waals surface area contributed by atoms with Crippen LogP contribution in [0.3, 0.4) is 0 Å². The van der Waals surface area contributed by atoms with Gasteiger partial charge in [0.15, 0.2) is 11.1 Å². The van der Waals surface area contributed by atoms with E-state index in [0.717, 1.165) is 23.2 Å². The van der Waals surface area contributed by atoms with E-state index in [0.29, 0.717) is 11.4 Å². The Hall–Kier alpha value is -1.95. The van der Waals surface area contributed by atoms with Crippen LogP contribution in [0.1, 0.15) is 11.1 Å². The Bertz CT molecular complexity index is 855. The van der Waals surface area contributed by atoms with Gasteiger partial charge in [0.1, 0.15) is 0 Å². The molecular formula is C17H18N2O2S. The quantitative estimate of drug-likeness (QED) is 0.727. The molecule has 0 spiro atoms. The van der Waals surface area contributed by atoms with E-state index in [1.807, 2.05) is 25.3 Å². The molecule has 1 atom stereocenters. The summed E-state index contributed by atoms with van der Waals surface area (Å²) < 4.78 is 22.7. The van der Waals surface area contributed by atoms with Gasteiger partial charge in [0.2, 0.25) is 0 Å². The van der Waals surface area contributed by atoms with Gasteiger partial charge in [-0.15, -0.1) is 0 Å². The second kappa shape index (κ2) is 6.04. The lowest BCUT2D eigenvalue weighted by Crippen LogP contribution is -2.03. The van der Waals surface area contributed by atoms with Crippen LogP contribution in [0.5, 0.6) is 0 Å². The molecule has 0 amide bonds. The van der Waals surface area contributed by atoms with Crippen LogP contribution < -0.4 is 5.73 Å². The van der Waals surface area contributed by atoms with Gasteiger partial charge in [0.25, 0.3) is 0 Å². The fourth-order valence-corrected chi connectivity index (χ4v) is 3.17. The highest BCUT2D eigenvalue weighted by atomic mass is 32.2. The third kappa shape index (κ3) is 2.59. The minimum atomic E-state index is -1.98. The summed E-state index contributed by atoms with van der Waals surface area (Å²) in [5.74, 6) is 0. The van der Waals surface area contributed by atoms with Crippen molar-refractivity contribution in [3.63, 3.8) is 0 Å². The molecule has 1 heterocycles. The Kier molecular flexibility index (Phi) is 4.11. The van der Waals surface area contributed by atoms with Gasteiger partial charge < -0.3 is 14.9 Å². The van der Waals surface area contributed by atoms with E-state index in [2.05, 4.69) is 22.8 Å². The number of nitrogens with zero attached hydrogens (tertiary/aromatic N) is 1. The fraction of sp³-hybridized carbons (Fsp3) is 0.176. The van der Waals surface area contributed by atoms with E-state index < -0.39 is 11.1 Å². The minimum Gasteiger partial charge on any atom is -0.330 e. The predicted molar refractivity (Wildman–Crippen MR) is 89.8 cm³/mol. The summed E-state index contributed by atoms with van der Waals surface area (Å²) in [5, 5.41) is 1.17. The molecule has 0 bridgehead atoms. The van der Waals surface area contributed by atoms with Crippen molar-refractivity contribution in [3.8, 4) is 5.69 Å². The fourth-order valence-electron chi connectivity index (χ4n) is 2.77. The molecule has 0 saturated heterocycles. The highest BCUT2D eigenvalue weighted by molar-refractivity contribution is 7.79. The molecule has 0 fully saturated rings. The number of benzene rings is 2. The first kappa shape index (κ1) is 15.0. The van der Waals surface area contributed by atoms with E-state index in [1.165, 1.54) is 10.9 Å². The summed E-state index contributed by atoms with van der Waals surface area (Å²) in [7, 11) is 0. The molecule has 0 aliphatic carbocycles. The van der Waals surface area contributed by atoms with E-state index in [9.17, 15) is 8.76 Å². The summed E-state index contributed by atoms with van der Waals surface area (Å²) in [6.07, 6.45) is 2.83. The van der Waals surface area contributed by atoms with Crippen molar-refractivity contribution in [2.75, 3.05) is 6.54 Å². The van der Waals surface area contributed by atoms with Gasteiger partial charge in [-0.2, -0.15) is 0 Å². The Morgan fingerprint density at radius 1 is 1.23 bits per heavy atom. The predicted octanol–water partition coefficient (Wildman–Crippen LogP) is 3.02. The van der Waals surface area contributed by atoms with Crippen molar-refractivity contribution < 1.29 is 8.76 Å². The van der Waals surface area contributed by atoms with Crippen molar-refractivity contribution >= 4 is 22.0 Å². The third-order valence-electron chi connectivity index (χ3n) is 3.88. The van der Waals surface area contributed by atoms with Crippen molar-refractivity contribution in [2.45, 2.75) is 18.2 Å². The first-order valence-electron chi connectivity index (χ1n) is 7.12. The Morgan fingerprint density at radius 2 is 2.05 bits per heavy atom. The van der Waals surface area contributed by atoms with E-state index >= 15 is 0 Å². The molecule has 114 valence electrons. The van der Waals surface area contributed by atoms with Crippen molar-refractivity contribution in [1.82, 2.24) is 4.57 Å². The zero-order valence-electron chi connectivity index (χ0n) is 12.3. The van der Waals surface area contributed by atoms with Crippen molar-refractivity contribution in [2.24, 2.45) is 5.73 Å². The second-order valence-corrected chi connectivity index (χ2v) is 6.24. The highest BCUT2D eigenvalue weighted by Gasteiger charge is 2.10. The molecule has 3 aromatic rings. The van der Waals surface area contributed by atoms with Crippen LogP contribution in [0.25, 0.3) is 16.6 Å². The SMILES string of the molecule is Cc1ccc(S(=O)O)cc1-n1ccc2c(CCN)cccc21. The number of rotatable bonds is 4. The first-order valence-corrected chi connectivity index (χ1v) is 8.23. The van der Waals surface area contributed by atoms with Gasteiger partial charge in [-0.05, 0) is 55.3 Å². The van der Waals surface area contributed by atoms with Crippen LogP contribution in [0.15, 0.2) is 53.6 Å². The van der Waals surface area contributed by atoms with Gasteiger partial charge in [-0.25, -0.2) is 4.21 Å². The minimum absolute atomic E-state index is 0.403.